The Morgan fingerprint density at radius 3 is 2.87 bits per heavy atom. The number of nitrogens with one attached hydrogen (secondary N) is 1. The maximum atomic E-state index is 12.4. The summed E-state index contributed by atoms with van der Waals surface area (Å²) < 4.78 is 38.3. The van der Waals surface area contributed by atoms with Gasteiger partial charge in [-0.2, -0.15) is 0 Å². The number of para-hydroxylation sites is 1. The number of pyridine rings is 1. The maximum Gasteiger partial charge on any atom is 0.242 e. The average Bonchev–Trinajstić information content (AvgIpc) is 2.55. The zero-order valence-electron chi connectivity index (χ0n) is 12.4. The van der Waals surface area contributed by atoms with Crippen molar-refractivity contribution in [3.05, 3.63) is 46.7 Å². The lowest BCUT2D eigenvalue weighted by atomic mass is 10.2. The van der Waals surface area contributed by atoms with Gasteiger partial charge in [-0.3, -0.25) is 0 Å². The monoisotopic (exact) mass is 354 g/mol. The smallest absolute Gasteiger partial charge is 0.242 e. The minimum Gasteiger partial charge on any atom is -0.486 e. The highest BCUT2D eigenvalue weighted by Gasteiger charge is 2.19. The predicted octanol–water partition coefficient (Wildman–Crippen LogP) is 2.29. The van der Waals surface area contributed by atoms with Crippen LogP contribution in [0.3, 0.4) is 0 Å². The molecule has 0 aliphatic carbocycles. The van der Waals surface area contributed by atoms with E-state index < -0.39 is 10.0 Å². The van der Waals surface area contributed by atoms with Crippen LogP contribution in [0.15, 0.2) is 35.4 Å². The molecule has 1 N–H and O–H groups in total. The number of benzene rings is 1. The van der Waals surface area contributed by atoms with E-state index in [1.165, 1.54) is 12.3 Å². The van der Waals surface area contributed by atoms with Crippen molar-refractivity contribution in [2.24, 2.45) is 0 Å². The molecule has 122 valence electrons. The fourth-order valence-corrected chi connectivity index (χ4v) is 3.35. The van der Waals surface area contributed by atoms with Gasteiger partial charge in [0.15, 0.2) is 11.5 Å². The maximum absolute atomic E-state index is 12.4. The SMILES string of the molecule is Cc1cc(S(=O)(=O)NCc2cccc3c2OCCO3)cnc1Cl. The number of sulfonamides is 1. The second-order valence-corrected chi connectivity index (χ2v) is 7.17. The summed E-state index contributed by atoms with van der Waals surface area (Å²) in [5.41, 5.74) is 1.31. The fraction of sp³-hybridized carbons (Fsp3) is 0.267. The zero-order chi connectivity index (χ0) is 16.4. The van der Waals surface area contributed by atoms with E-state index in [0.29, 0.717) is 35.8 Å². The van der Waals surface area contributed by atoms with Crippen molar-refractivity contribution in [2.45, 2.75) is 18.4 Å². The minimum atomic E-state index is -3.69. The first-order valence-electron chi connectivity index (χ1n) is 6.97. The molecule has 0 bridgehead atoms. The Balaban J connectivity index is 1.81. The van der Waals surface area contributed by atoms with E-state index in [1.54, 1.807) is 25.1 Å². The van der Waals surface area contributed by atoms with E-state index in [9.17, 15) is 8.42 Å². The molecule has 0 saturated carbocycles. The normalized spacial score (nSPS) is 13.8. The van der Waals surface area contributed by atoms with Crippen LogP contribution >= 0.6 is 11.6 Å². The summed E-state index contributed by atoms with van der Waals surface area (Å²) in [6.07, 6.45) is 1.23. The Morgan fingerprint density at radius 2 is 2.09 bits per heavy atom. The van der Waals surface area contributed by atoms with E-state index in [2.05, 4.69) is 9.71 Å². The van der Waals surface area contributed by atoms with Gasteiger partial charge in [-0.25, -0.2) is 18.1 Å². The summed E-state index contributed by atoms with van der Waals surface area (Å²) in [6.45, 7) is 2.72. The van der Waals surface area contributed by atoms with Crippen molar-refractivity contribution in [1.29, 1.82) is 0 Å². The minimum absolute atomic E-state index is 0.0707. The van der Waals surface area contributed by atoms with Crippen LogP contribution in [0.5, 0.6) is 11.5 Å². The van der Waals surface area contributed by atoms with Gasteiger partial charge in [0.05, 0.1) is 0 Å². The molecule has 1 aliphatic rings. The molecule has 0 atom stereocenters. The Morgan fingerprint density at radius 1 is 1.30 bits per heavy atom. The van der Waals surface area contributed by atoms with Crippen molar-refractivity contribution in [1.82, 2.24) is 9.71 Å². The van der Waals surface area contributed by atoms with Crippen LogP contribution in [-0.4, -0.2) is 26.6 Å². The number of nitrogens with zero attached hydrogens (tertiary/aromatic N) is 1. The highest BCUT2D eigenvalue weighted by atomic mass is 35.5. The van der Waals surface area contributed by atoms with E-state index in [0.717, 1.165) is 0 Å². The average molecular weight is 355 g/mol. The zero-order valence-corrected chi connectivity index (χ0v) is 13.9. The Kier molecular flexibility index (Phi) is 4.43. The Labute approximate surface area is 139 Å². The van der Waals surface area contributed by atoms with Crippen LogP contribution in [0.2, 0.25) is 5.15 Å². The number of fused-ring (bicyclic) bond motifs is 1. The Hall–Kier alpha value is -1.83. The highest BCUT2D eigenvalue weighted by molar-refractivity contribution is 7.89. The van der Waals surface area contributed by atoms with Crippen LogP contribution < -0.4 is 14.2 Å². The van der Waals surface area contributed by atoms with Crippen molar-refractivity contribution in [3.8, 4) is 11.5 Å². The van der Waals surface area contributed by atoms with Gasteiger partial charge in [0, 0.05) is 18.3 Å². The van der Waals surface area contributed by atoms with Gasteiger partial charge in [-0.15, -0.1) is 0 Å². The third kappa shape index (κ3) is 3.41. The van der Waals surface area contributed by atoms with Crippen molar-refractivity contribution < 1.29 is 17.9 Å². The molecule has 0 unspecified atom stereocenters. The Bertz CT molecular complexity index is 839. The van der Waals surface area contributed by atoms with Crippen molar-refractivity contribution >= 4 is 21.6 Å². The number of aromatic nitrogens is 1. The molecule has 0 saturated heterocycles. The molecule has 2 aromatic rings. The molecule has 0 amide bonds. The predicted molar refractivity (Wildman–Crippen MR) is 85.4 cm³/mol. The van der Waals surface area contributed by atoms with Crippen LogP contribution in [0, 0.1) is 6.92 Å². The number of halogens is 1. The molecular formula is C15H15ClN2O4S. The fourth-order valence-electron chi connectivity index (χ4n) is 2.21. The van der Waals surface area contributed by atoms with Crippen LogP contribution in [0.4, 0.5) is 0 Å². The number of ether oxygens (including phenoxy) is 2. The van der Waals surface area contributed by atoms with Crippen LogP contribution in [-0.2, 0) is 16.6 Å². The molecule has 8 heteroatoms. The van der Waals surface area contributed by atoms with Gasteiger partial charge in [-0.05, 0) is 24.6 Å². The van der Waals surface area contributed by atoms with Gasteiger partial charge in [0.1, 0.15) is 23.3 Å². The van der Waals surface area contributed by atoms with Crippen molar-refractivity contribution in [3.63, 3.8) is 0 Å². The third-order valence-corrected chi connectivity index (χ3v) is 5.16. The molecule has 6 nitrogen and oxygen atoms in total. The second-order valence-electron chi connectivity index (χ2n) is 5.04. The van der Waals surface area contributed by atoms with Gasteiger partial charge in [0.2, 0.25) is 10.0 Å². The summed E-state index contributed by atoms with van der Waals surface area (Å²) >= 11 is 5.83. The summed E-state index contributed by atoms with van der Waals surface area (Å²) in [5.74, 6) is 1.20. The van der Waals surface area contributed by atoms with E-state index >= 15 is 0 Å². The molecule has 1 aromatic carbocycles. The number of aryl methyl sites for hydroxylation is 1. The number of hydrogen-bond donors (Lipinski definition) is 1. The van der Waals surface area contributed by atoms with Gasteiger partial charge in [0.25, 0.3) is 0 Å². The number of hydrogen-bond acceptors (Lipinski definition) is 5. The molecule has 1 aliphatic heterocycles. The van der Waals surface area contributed by atoms with Crippen LogP contribution in [0.25, 0.3) is 0 Å². The quantitative estimate of drug-likeness (QED) is 0.852. The first-order chi connectivity index (χ1) is 11.0. The van der Waals surface area contributed by atoms with Gasteiger partial charge < -0.3 is 9.47 Å². The largest absolute Gasteiger partial charge is 0.486 e. The molecule has 3 rings (SSSR count). The summed E-state index contributed by atoms with van der Waals surface area (Å²) in [5, 5.41) is 0.284. The third-order valence-electron chi connectivity index (χ3n) is 3.40. The molecular weight excluding hydrogens is 340 g/mol. The first kappa shape index (κ1) is 16.0. The first-order valence-corrected chi connectivity index (χ1v) is 8.83. The molecule has 2 heterocycles. The van der Waals surface area contributed by atoms with E-state index in [1.807, 2.05) is 0 Å². The molecule has 0 fully saturated rings. The number of rotatable bonds is 4. The molecule has 0 spiro atoms. The summed E-state index contributed by atoms with van der Waals surface area (Å²) in [4.78, 5) is 3.94. The summed E-state index contributed by atoms with van der Waals surface area (Å²) in [6, 6.07) is 6.86. The van der Waals surface area contributed by atoms with E-state index in [4.69, 9.17) is 21.1 Å². The lowest BCUT2D eigenvalue weighted by molar-refractivity contribution is 0.170. The molecule has 1 aromatic heterocycles. The molecule has 0 radical (unpaired) electrons. The topological polar surface area (TPSA) is 77.5 Å². The standard InChI is InChI=1S/C15H15ClN2O4S/c1-10-7-12(9-17-15(10)16)23(19,20)18-8-11-3-2-4-13-14(11)22-6-5-21-13/h2-4,7,9,18H,5-6,8H2,1H3. The summed E-state index contributed by atoms with van der Waals surface area (Å²) in [7, 11) is -3.69. The lowest BCUT2D eigenvalue weighted by Gasteiger charge is -2.21. The van der Waals surface area contributed by atoms with Gasteiger partial charge >= 0.3 is 0 Å². The molecule has 23 heavy (non-hydrogen) atoms. The highest BCUT2D eigenvalue weighted by Crippen LogP contribution is 2.33. The van der Waals surface area contributed by atoms with Crippen molar-refractivity contribution in [2.75, 3.05) is 13.2 Å². The second kappa shape index (κ2) is 6.35. The van der Waals surface area contributed by atoms with Crippen LogP contribution in [0.1, 0.15) is 11.1 Å². The van der Waals surface area contributed by atoms with E-state index in [-0.39, 0.29) is 16.6 Å². The van der Waals surface area contributed by atoms with Gasteiger partial charge in [-0.1, -0.05) is 23.7 Å². The lowest BCUT2D eigenvalue weighted by Crippen LogP contribution is -2.25.